The van der Waals surface area contributed by atoms with Crippen LogP contribution in [0.1, 0.15) is 17.3 Å². The summed E-state index contributed by atoms with van der Waals surface area (Å²) in [5.41, 5.74) is 2.53. The average Bonchev–Trinajstić information content (AvgIpc) is 3.10. The fraction of sp³-hybridized carbons (Fsp3) is 0.0588. The van der Waals surface area contributed by atoms with Crippen molar-refractivity contribution in [3.05, 3.63) is 66.4 Å². The Hall–Kier alpha value is -2.93. The Morgan fingerprint density at radius 3 is 2.46 bits per heavy atom. The van der Waals surface area contributed by atoms with Crippen LogP contribution >= 0.6 is 0 Å². The van der Waals surface area contributed by atoms with Gasteiger partial charge in [-0.15, -0.1) is 0 Å². The Labute approximate surface area is 139 Å². The van der Waals surface area contributed by atoms with Gasteiger partial charge in [-0.1, -0.05) is 24.3 Å². The van der Waals surface area contributed by atoms with Crippen molar-refractivity contribution < 1.29 is 13.2 Å². The molecule has 0 aliphatic rings. The number of anilines is 1. The van der Waals surface area contributed by atoms with E-state index in [4.69, 9.17) is 0 Å². The predicted octanol–water partition coefficient (Wildman–Crippen LogP) is 3.08. The van der Waals surface area contributed by atoms with Crippen LogP contribution in [0.2, 0.25) is 0 Å². The number of ketones is 1. The molecule has 0 bridgehead atoms. The molecule has 2 aromatic carbocycles. The van der Waals surface area contributed by atoms with Crippen molar-refractivity contribution in [2.24, 2.45) is 0 Å². The lowest BCUT2D eigenvalue weighted by Gasteiger charge is -2.09. The van der Waals surface area contributed by atoms with Gasteiger partial charge in [0.15, 0.2) is 5.78 Å². The van der Waals surface area contributed by atoms with Gasteiger partial charge in [-0.05, 0) is 42.8 Å². The number of Topliss-reactive ketones (excluding diaryl/α,β-unsaturated/α-hetero) is 1. The molecule has 2 N–H and O–H groups in total. The third-order valence-corrected chi connectivity index (χ3v) is 4.88. The third kappa shape index (κ3) is 3.36. The molecule has 0 aliphatic carbocycles. The largest absolute Gasteiger partial charge is 0.295 e. The van der Waals surface area contributed by atoms with Gasteiger partial charge in [-0.3, -0.25) is 14.6 Å². The van der Waals surface area contributed by atoms with Gasteiger partial charge in [0.25, 0.3) is 10.0 Å². The van der Waals surface area contributed by atoms with E-state index in [1.807, 2.05) is 6.07 Å². The van der Waals surface area contributed by atoms with E-state index >= 15 is 0 Å². The second kappa shape index (κ2) is 6.29. The highest BCUT2D eigenvalue weighted by Gasteiger charge is 2.15. The van der Waals surface area contributed by atoms with Gasteiger partial charge >= 0.3 is 0 Å². The van der Waals surface area contributed by atoms with Gasteiger partial charge in [-0.2, -0.15) is 5.10 Å². The Morgan fingerprint density at radius 1 is 1.08 bits per heavy atom. The van der Waals surface area contributed by atoms with E-state index in [0.29, 0.717) is 11.3 Å². The average molecular weight is 341 g/mol. The van der Waals surface area contributed by atoms with Crippen molar-refractivity contribution in [3.8, 4) is 11.3 Å². The SMILES string of the molecule is CC(=O)c1cccc(S(=O)(=O)Nc2ccc(-c3ccn[nH]3)cc2)c1. The normalized spacial score (nSPS) is 11.2. The third-order valence-electron chi connectivity index (χ3n) is 3.50. The lowest BCUT2D eigenvalue weighted by atomic mass is 10.1. The van der Waals surface area contributed by atoms with E-state index in [0.717, 1.165) is 11.3 Å². The van der Waals surface area contributed by atoms with Crippen LogP contribution in [0.25, 0.3) is 11.3 Å². The number of nitrogens with one attached hydrogen (secondary N) is 2. The number of nitrogens with zero attached hydrogens (tertiary/aromatic N) is 1. The van der Waals surface area contributed by atoms with E-state index in [1.54, 1.807) is 42.6 Å². The van der Waals surface area contributed by atoms with Crippen LogP contribution in [-0.4, -0.2) is 24.4 Å². The Balaban J connectivity index is 1.84. The molecule has 0 spiro atoms. The molecule has 0 unspecified atom stereocenters. The second-order valence-corrected chi connectivity index (χ2v) is 6.92. The maximum Gasteiger partial charge on any atom is 0.261 e. The highest BCUT2D eigenvalue weighted by molar-refractivity contribution is 7.92. The quantitative estimate of drug-likeness (QED) is 0.698. The molecular formula is C17H15N3O3S. The van der Waals surface area contributed by atoms with Crippen molar-refractivity contribution in [3.63, 3.8) is 0 Å². The molecular weight excluding hydrogens is 326 g/mol. The number of carbonyl (C=O) groups excluding carboxylic acids is 1. The number of hydrogen-bond donors (Lipinski definition) is 2. The summed E-state index contributed by atoms with van der Waals surface area (Å²) in [7, 11) is -3.76. The summed E-state index contributed by atoms with van der Waals surface area (Å²) in [6.07, 6.45) is 1.65. The highest BCUT2D eigenvalue weighted by Crippen LogP contribution is 2.21. The van der Waals surface area contributed by atoms with Crippen LogP contribution in [0.15, 0.2) is 65.7 Å². The lowest BCUT2D eigenvalue weighted by Crippen LogP contribution is -2.13. The number of benzene rings is 2. The molecule has 0 aliphatic heterocycles. The minimum atomic E-state index is -3.76. The van der Waals surface area contributed by atoms with Crippen molar-refractivity contribution in [2.45, 2.75) is 11.8 Å². The molecule has 3 rings (SSSR count). The summed E-state index contributed by atoms with van der Waals surface area (Å²) in [4.78, 5) is 11.5. The Bertz CT molecular complexity index is 963. The van der Waals surface area contributed by atoms with Crippen molar-refractivity contribution in [1.29, 1.82) is 0 Å². The smallest absolute Gasteiger partial charge is 0.261 e. The van der Waals surface area contributed by atoms with Crippen LogP contribution in [0.5, 0.6) is 0 Å². The van der Waals surface area contributed by atoms with Crippen LogP contribution < -0.4 is 4.72 Å². The fourth-order valence-electron chi connectivity index (χ4n) is 2.23. The summed E-state index contributed by atoms with van der Waals surface area (Å²) >= 11 is 0. The zero-order chi connectivity index (χ0) is 17.2. The van der Waals surface area contributed by atoms with Gasteiger partial charge in [-0.25, -0.2) is 8.42 Å². The molecule has 0 atom stereocenters. The summed E-state index contributed by atoms with van der Waals surface area (Å²) in [5, 5.41) is 6.72. The number of sulfonamides is 1. The van der Waals surface area contributed by atoms with Gasteiger partial charge < -0.3 is 0 Å². The number of H-pyrrole nitrogens is 1. The molecule has 1 aromatic heterocycles. The minimum Gasteiger partial charge on any atom is -0.295 e. The Kier molecular flexibility index (Phi) is 4.18. The summed E-state index contributed by atoms with van der Waals surface area (Å²) in [6.45, 7) is 1.40. The summed E-state index contributed by atoms with van der Waals surface area (Å²) in [6, 6.07) is 14.7. The van der Waals surface area contributed by atoms with Crippen LogP contribution in [0.4, 0.5) is 5.69 Å². The van der Waals surface area contributed by atoms with E-state index in [9.17, 15) is 13.2 Å². The Morgan fingerprint density at radius 2 is 1.83 bits per heavy atom. The first-order valence-corrected chi connectivity index (χ1v) is 8.68. The lowest BCUT2D eigenvalue weighted by molar-refractivity contribution is 0.101. The minimum absolute atomic E-state index is 0.0489. The standard InChI is InChI=1S/C17H15N3O3S/c1-12(21)14-3-2-4-16(11-14)24(22,23)20-15-7-5-13(6-8-15)17-9-10-18-19-17/h2-11,20H,1H3,(H,18,19). The van der Waals surface area contributed by atoms with Gasteiger partial charge in [0.05, 0.1) is 10.6 Å². The monoisotopic (exact) mass is 341 g/mol. The first-order chi connectivity index (χ1) is 11.5. The summed E-state index contributed by atoms with van der Waals surface area (Å²) in [5.74, 6) is -0.184. The first kappa shape index (κ1) is 15.9. The summed E-state index contributed by atoms with van der Waals surface area (Å²) < 4.78 is 27.4. The van der Waals surface area contributed by atoms with E-state index in [-0.39, 0.29) is 10.7 Å². The zero-order valence-electron chi connectivity index (χ0n) is 12.9. The zero-order valence-corrected chi connectivity index (χ0v) is 13.7. The molecule has 1 heterocycles. The van der Waals surface area contributed by atoms with Crippen LogP contribution in [0.3, 0.4) is 0 Å². The molecule has 24 heavy (non-hydrogen) atoms. The van der Waals surface area contributed by atoms with Crippen molar-refractivity contribution >= 4 is 21.5 Å². The van der Waals surface area contributed by atoms with Gasteiger partial charge in [0.1, 0.15) is 0 Å². The maximum absolute atomic E-state index is 12.5. The number of hydrogen-bond acceptors (Lipinski definition) is 4. The molecule has 6 nitrogen and oxygen atoms in total. The molecule has 0 saturated heterocycles. The highest BCUT2D eigenvalue weighted by atomic mass is 32.2. The molecule has 122 valence electrons. The fourth-order valence-corrected chi connectivity index (χ4v) is 3.33. The number of aromatic nitrogens is 2. The maximum atomic E-state index is 12.5. The van der Waals surface area contributed by atoms with Crippen LogP contribution in [-0.2, 0) is 10.0 Å². The number of rotatable bonds is 5. The van der Waals surface area contributed by atoms with E-state index in [2.05, 4.69) is 14.9 Å². The molecule has 0 saturated carbocycles. The van der Waals surface area contributed by atoms with E-state index in [1.165, 1.54) is 19.1 Å². The molecule has 7 heteroatoms. The number of aromatic amines is 1. The second-order valence-electron chi connectivity index (χ2n) is 5.24. The number of carbonyl (C=O) groups is 1. The first-order valence-electron chi connectivity index (χ1n) is 7.19. The topological polar surface area (TPSA) is 91.9 Å². The predicted molar refractivity (Wildman–Crippen MR) is 91.3 cm³/mol. The van der Waals surface area contributed by atoms with Gasteiger partial charge in [0.2, 0.25) is 0 Å². The van der Waals surface area contributed by atoms with E-state index < -0.39 is 10.0 Å². The molecule has 0 fully saturated rings. The van der Waals surface area contributed by atoms with Crippen molar-refractivity contribution in [1.82, 2.24) is 10.2 Å². The molecule has 3 aromatic rings. The van der Waals surface area contributed by atoms with Gasteiger partial charge in [0, 0.05) is 17.4 Å². The van der Waals surface area contributed by atoms with Crippen molar-refractivity contribution in [2.75, 3.05) is 4.72 Å². The molecule has 0 radical (unpaired) electrons. The van der Waals surface area contributed by atoms with Crippen LogP contribution in [0, 0.1) is 0 Å². The molecule has 0 amide bonds.